The third kappa shape index (κ3) is 3.48. The minimum atomic E-state index is -0.0709. The molecule has 1 amide bonds. The summed E-state index contributed by atoms with van der Waals surface area (Å²) < 4.78 is 7.38. The van der Waals surface area contributed by atoms with Crippen molar-refractivity contribution < 1.29 is 9.53 Å². The summed E-state index contributed by atoms with van der Waals surface area (Å²) in [6.07, 6.45) is 7.17. The van der Waals surface area contributed by atoms with Gasteiger partial charge < -0.3 is 14.6 Å². The predicted molar refractivity (Wildman–Crippen MR) is 78.8 cm³/mol. The maximum absolute atomic E-state index is 11.9. The molecule has 2 aromatic heterocycles. The summed E-state index contributed by atoms with van der Waals surface area (Å²) in [5.41, 5.74) is 0.788. The maximum atomic E-state index is 11.9. The van der Waals surface area contributed by atoms with Gasteiger partial charge in [-0.25, -0.2) is 15.0 Å². The van der Waals surface area contributed by atoms with Gasteiger partial charge in [-0.1, -0.05) is 0 Å². The van der Waals surface area contributed by atoms with Crippen LogP contribution < -0.4 is 5.32 Å². The number of amides is 1. The van der Waals surface area contributed by atoms with E-state index in [2.05, 4.69) is 20.3 Å². The van der Waals surface area contributed by atoms with Crippen molar-refractivity contribution in [3.8, 4) is 0 Å². The zero-order chi connectivity index (χ0) is 15.4. The van der Waals surface area contributed by atoms with Crippen molar-refractivity contribution in [1.29, 1.82) is 0 Å². The molecule has 0 aliphatic carbocycles. The van der Waals surface area contributed by atoms with Crippen molar-refractivity contribution in [2.24, 2.45) is 0 Å². The van der Waals surface area contributed by atoms with Gasteiger partial charge in [0.15, 0.2) is 5.82 Å². The van der Waals surface area contributed by atoms with Crippen LogP contribution in [0.5, 0.6) is 0 Å². The lowest BCUT2D eigenvalue weighted by Crippen LogP contribution is -2.27. The Hall–Kier alpha value is -2.28. The molecule has 1 aliphatic rings. The van der Waals surface area contributed by atoms with Crippen molar-refractivity contribution >= 4 is 5.91 Å². The quantitative estimate of drug-likeness (QED) is 0.896. The van der Waals surface area contributed by atoms with Crippen molar-refractivity contribution in [1.82, 2.24) is 24.8 Å². The lowest BCUT2D eigenvalue weighted by molar-refractivity contribution is -0.121. The Bertz CT molecular complexity index is 649. The van der Waals surface area contributed by atoms with E-state index in [-0.39, 0.29) is 18.6 Å². The summed E-state index contributed by atoms with van der Waals surface area (Å²) >= 11 is 0. The van der Waals surface area contributed by atoms with Crippen LogP contribution in [0.4, 0.5) is 0 Å². The molecule has 0 spiro atoms. The van der Waals surface area contributed by atoms with Crippen molar-refractivity contribution in [2.45, 2.75) is 39.0 Å². The molecule has 7 nitrogen and oxygen atoms in total. The highest BCUT2D eigenvalue weighted by Crippen LogP contribution is 2.25. The molecule has 1 saturated heterocycles. The summed E-state index contributed by atoms with van der Waals surface area (Å²) in [4.78, 5) is 24.8. The van der Waals surface area contributed by atoms with E-state index in [4.69, 9.17) is 4.74 Å². The van der Waals surface area contributed by atoms with E-state index in [0.29, 0.717) is 12.4 Å². The van der Waals surface area contributed by atoms with Crippen LogP contribution in [-0.4, -0.2) is 32.0 Å². The predicted octanol–water partition coefficient (Wildman–Crippen LogP) is 1.15. The summed E-state index contributed by atoms with van der Waals surface area (Å²) in [6.45, 7) is 3.27. The minimum Gasteiger partial charge on any atom is -0.370 e. The number of hydrogen-bond acceptors (Lipinski definition) is 5. The van der Waals surface area contributed by atoms with E-state index < -0.39 is 0 Å². The first-order chi connectivity index (χ1) is 10.7. The summed E-state index contributed by atoms with van der Waals surface area (Å²) in [5, 5.41) is 2.86. The van der Waals surface area contributed by atoms with Gasteiger partial charge in [-0.15, -0.1) is 0 Å². The van der Waals surface area contributed by atoms with Gasteiger partial charge in [0.05, 0.1) is 12.2 Å². The van der Waals surface area contributed by atoms with Crippen LogP contribution in [0.25, 0.3) is 0 Å². The zero-order valence-electron chi connectivity index (χ0n) is 12.5. The Morgan fingerprint density at radius 3 is 3.09 bits per heavy atom. The van der Waals surface area contributed by atoms with Gasteiger partial charge in [-0.05, 0) is 25.8 Å². The molecule has 0 aromatic carbocycles. The van der Waals surface area contributed by atoms with Gasteiger partial charge in [0, 0.05) is 25.2 Å². The number of ether oxygens (including phenoxy) is 1. The highest BCUT2D eigenvalue weighted by Gasteiger charge is 2.20. The average molecular weight is 301 g/mol. The molecule has 1 aliphatic heterocycles. The fourth-order valence-corrected chi connectivity index (χ4v) is 2.42. The number of rotatable bonds is 5. The van der Waals surface area contributed by atoms with E-state index >= 15 is 0 Å². The van der Waals surface area contributed by atoms with Crippen molar-refractivity contribution in [3.63, 3.8) is 0 Å². The Kier molecular flexibility index (Phi) is 4.43. The Labute approximate surface area is 128 Å². The molecule has 3 heterocycles. The second-order valence-electron chi connectivity index (χ2n) is 5.29. The number of aromatic nitrogens is 4. The molecule has 7 heteroatoms. The molecule has 0 bridgehead atoms. The summed E-state index contributed by atoms with van der Waals surface area (Å²) in [7, 11) is 0. The maximum Gasteiger partial charge on any atom is 0.240 e. The average Bonchev–Trinajstić information content (AvgIpc) is 3.18. The second kappa shape index (κ2) is 6.65. The van der Waals surface area contributed by atoms with Crippen LogP contribution in [0.3, 0.4) is 0 Å². The van der Waals surface area contributed by atoms with Gasteiger partial charge in [-0.2, -0.15) is 0 Å². The van der Waals surface area contributed by atoms with Crippen molar-refractivity contribution in [3.05, 3.63) is 42.0 Å². The number of hydrogen-bond donors (Lipinski definition) is 1. The molecule has 116 valence electrons. The normalized spacial score (nSPS) is 17.6. The first-order valence-electron chi connectivity index (χ1n) is 7.40. The lowest BCUT2D eigenvalue weighted by Gasteiger charge is -2.10. The standard InChI is InChI=1S/C15H19N5O2/c1-11-16-6-7-20(11)10-14(21)18-9-12-4-5-17-15(19-12)13-3-2-8-22-13/h4-7,13H,2-3,8-10H2,1H3,(H,18,21)/t13-/m1/s1. The number of aryl methyl sites for hydroxylation is 1. The third-order valence-electron chi connectivity index (χ3n) is 3.65. The SMILES string of the molecule is Cc1nccn1CC(=O)NCc1ccnc([C@H]2CCCO2)n1. The molecular formula is C15H19N5O2. The van der Waals surface area contributed by atoms with Crippen LogP contribution in [-0.2, 0) is 22.6 Å². The smallest absolute Gasteiger partial charge is 0.240 e. The second-order valence-corrected chi connectivity index (χ2v) is 5.29. The summed E-state index contributed by atoms with van der Waals surface area (Å²) in [5.74, 6) is 1.45. The minimum absolute atomic E-state index is 0.00995. The molecule has 1 fully saturated rings. The summed E-state index contributed by atoms with van der Waals surface area (Å²) in [6, 6.07) is 1.81. The molecule has 2 aromatic rings. The molecule has 3 rings (SSSR count). The Morgan fingerprint density at radius 1 is 1.45 bits per heavy atom. The van der Waals surface area contributed by atoms with Gasteiger partial charge in [0.2, 0.25) is 5.91 Å². The van der Waals surface area contributed by atoms with Crippen LogP contribution in [0.2, 0.25) is 0 Å². The van der Waals surface area contributed by atoms with Gasteiger partial charge in [0.1, 0.15) is 18.5 Å². The first kappa shape index (κ1) is 14.6. The van der Waals surface area contributed by atoms with Gasteiger partial charge >= 0.3 is 0 Å². The molecule has 1 atom stereocenters. The van der Waals surface area contributed by atoms with Gasteiger partial charge in [0.25, 0.3) is 0 Å². The van der Waals surface area contributed by atoms with E-state index in [1.165, 1.54) is 0 Å². The number of carbonyl (C=O) groups is 1. The van der Waals surface area contributed by atoms with Crippen LogP contribution in [0, 0.1) is 6.92 Å². The van der Waals surface area contributed by atoms with E-state index in [1.54, 1.807) is 29.2 Å². The van der Waals surface area contributed by atoms with E-state index in [0.717, 1.165) is 31.0 Å². The molecular weight excluding hydrogens is 282 g/mol. The molecule has 0 saturated carbocycles. The molecule has 22 heavy (non-hydrogen) atoms. The molecule has 0 radical (unpaired) electrons. The van der Waals surface area contributed by atoms with Gasteiger partial charge in [-0.3, -0.25) is 4.79 Å². The monoisotopic (exact) mass is 301 g/mol. The number of imidazole rings is 1. The Morgan fingerprint density at radius 2 is 2.36 bits per heavy atom. The van der Waals surface area contributed by atoms with Crippen molar-refractivity contribution in [2.75, 3.05) is 6.61 Å². The number of nitrogens with one attached hydrogen (secondary N) is 1. The van der Waals surface area contributed by atoms with E-state index in [1.807, 2.05) is 6.92 Å². The number of carbonyl (C=O) groups excluding carboxylic acids is 1. The topological polar surface area (TPSA) is 81.9 Å². The van der Waals surface area contributed by atoms with Crippen LogP contribution in [0.15, 0.2) is 24.7 Å². The Balaban J connectivity index is 1.55. The third-order valence-corrected chi connectivity index (χ3v) is 3.65. The van der Waals surface area contributed by atoms with Crippen LogP contribution >= 0.6 is 0 Å². The van der Waals surface area contributed by atoms with E-state index in [9.17, 15) is 4.79 Å². The highest BCUT2D eigenvalue weighted by atomic mass is 16.5. The fourth-order valence-electron chi connectivity index (χ4n) is 2.42. The lowest BCUT2D eigenvalue weighted by atomic mass is 10.2. The largest absolute Gasteiger partial charge is 0.370 e. The van der Waals surface area contributed by atoms with Crippen LogP contribution in [0.1, 0.15) is 36.3 Å². The highest BCUT2D eigenvalue weighted by molar-refractivity contribution is 5.75. The first-order valence-corrected chi connectivity index (χ1v) is 7.40. The fraction of sp³-hybridized carbons (Fsp3) is 0.467. The number of nitrogens with zero attached hydrogens (tertiary/aromatic N) is 4. The zero-order valence-corrected chi connectivity index (χ0v) is 12.5. The molecule has 0 unspecified atom stereocenters. The molecule has 1 N–H and O–H groups in total.